The topological polar surface area (TPSA) is 170 Å². The molecule has 1 aromatic heterocycles. The number of carbonyl (C=O) groups excluding carboxylic acids is 3. The number of aryl methyl sites for hydroxylation is 2. The second-order valence-corrected chi connectivity index (χ2v) is 12.4. The van der Waals surface area contributed by atoms with Gasteiger partial charge in [-0.2, -0.15) is 0 Å². The van der Waals surface area contributed by atoms with Gasteiger partial charge in [0.05, 0.1) is 6.04 Å². The Morgan fingerprint density at radius 1 is 0.976 bits per heavy atom. The number of pyridine rings is 1. The number of rotatable bonds is 11. The average Bonchev–Trinajstić information content (AvgIpc) is 2.81. The minimum atomic E-state index is -1.12. The molecule has 0 fully saturated rings. The molecule has 13 nitrogen and oxygen atoms in total. The van der Waals surface area contributed by atoms with Crippen LogP contribution in [-0.4, -0.2) is 83.4 Å². The molecular weight excluding hydrogens is 546 g/mol. The molecule has 0 saturated heterocycles. The second kappa shape index (κ2) is 15.7. The maximum atomic E-state index is 12.8. The van der Waals surface area contributed by atoms with Gasteiger partial charge in [0.2, 0.25) is 5.96 Å². The van der Waals surface area contributed by atoms with Crippen LogP contribution in [0.5, 0.6) is 5.75 Å². The van der Waals surface area contributed by atoms with Crippen molar-refractivity contribution in [1.29, 1.82) is 0 Å². The van der Waals surface area contributed by atoms with Gasteiger partial charge in [0.1, 0.15) is 35.3 Å². The minimum Gasteiger partial charge on any atom is -0.491 e. The van der Waals surface area contributed by atoms with Crippen molar-refractivity contribution in [3.05, 3.63) is 23.5 Å². The molecule has 2 unspecified atom stereocenters. The number of nitrogens with one attached hydrogen (secondary N) is 3. The lowest BCUT2D eigenvalue weighted by atomic mass is 10.0. The van der Waals surface area contributed by atoms with E-state index in [9.17, 15) is 19.5 Å². The fourth-order valence-corrected chi connectivity index (χ4v) is 3.39. The first-order valence-electron chi connectivity index (χ1n) is 13.9. The van der Waals surface area contributed by atoms with Crippen LogP contribution in [0.3, 0.4) is 0 Å². The molecule has 2 atom stereocenters. The van der Waals surface area contributed by atoms with E-state index in [-0.39, 0.29) is 19.1 Å². The van der Waals surface area contributed by atoms with Crippen LogP contribution in [0, 0.1) is 13.8 Å². The third-order valence-corrected chi connectivity index (χ3v) is 5.51. The maximum Gasteiger partial charge on any atom is 0.437 e. The molecule has 0 spiro atoms. The first-order chi connectivity index (χ1) is 19.2. The number of amides is 3. The van der Waals surface area contributed by atoms with Crippen LogP contribution in [-0.2, 0) is 19.0 Å². The smallest absolute Gasteiger partial charge is 0.437 e. The van der Waals surface area contributed by atoms with E-state index in [1.165, 1.54) is 7.11 Å². The number of aromatic nitrogens is 1. The summed E-state index contributed by atoms with van der Waals surface area (Å²) < 4.78 is 21.6. The third kappa shape index (κ3) is 15.0. The number of hydrogen-bond acceptors (Lipinski definition) is 9. The van der Waals surface area contributed by atoms with E-state index in [1.807, 2.05) is 13.8 Å². The molecule has 1 rings (SSSR count). The largest absolute Gasteiger partial charge is 0.491 e. The summed E-state index contributed by atoms with van der Waals surface area (Å²) in [5.41, 5.74) is -1.12. The number of ether oxygens (including phenoxy) is 4. The van der Waals surface area contributed by atoms with E-state index >= 15 is 0 Å². The summed E-state index contributed by atoms with van der Waals surface area (Å²) in [5, 5.41) is 19.1. The van der Waals surface area contributed by atoms with Crippen molar-refractivity contribution in [2.24, 2.45) is 4.99 Å². The standard InChI is InChI=1S/C29H49N5O8/c1-18-15-20(16-19(2)31-18)40-17-22(35)21(32-23(36)29(9,10)39-11)13-12-14-30-24(33-25(37)41-27(3,4)5)34-26(38)42-28(6,7)8/h15-16,21-22,35H,12-14,17H2,1-11H3,(H,32,36)(H2,30,33,34,37,38). The Bertz CT molecular complexity index is 1070. The third-order valence-electron chi connectivity index (χ3n) is 5.51. The van der Waals surface area contributed by atoms with Crippen LogP contribution in [0.1, 0.15) is 79.6 Å². The second-order valence-electron chi connectivity index (χ2n) is 12.4. The van der Waals surface area contributed by atoms with Gasteiger partial charge >= 0.3 is 12.2 Å². The van der Waals surface area contributed by atoms with Crippen LogP contribution in [0.15, 0.2) is 17.1 Å². The SMILES string of the molecule is COC(C)(C)C(=O)NC(CCCNC(=NC(=O)OC(C)(C)C)NC(=O)OC(C)(C)C)C(O)COc1cc(C)nc(C)c1. The number of aliphatic hydroxyl groups is 1. The molecule has 3 amide bonds. The molecule has 0 aliphatic heterocycles. The Morgan fingerprint density at radius 2 is 1.55 bits per heavy atom. The van der Waals surface area contributed by atoms with Gasteiger partial charge in [0.25, 0.3) is 5.91 Å². The average molecular weight is 596 g/mol. The zero-order valence-corrected chi connectivity index (χ0v) is 26.8. The highest BCUT2D eigenvalue weighted by Crippen LogP contribution is 2.16. The molecule has 1 aromatic rings. The van der Waals surface area contributed by atoms with Gasteiger partial charge < -0.3 is 34.7 Å². The highest BCUT2D eigenvalue weighted by Gasteiger charge is 2.31. The lowest BCUT2D eigenvalue weighted by molar-refractivity contribution is -0.141. The number of methoxy groups -OCH3 is 1. The van der Waals surface area contributed by atoms with Crippen LogP contribution in [0.2, 0.25) is 0 Å². The molecule has 0 bridgehead atoms. The highest BCUT2D eigenvalue weighted by atomic mass is 16.6. The number of guanidine groups is 1. The van der Waals surface area contributed by atoms with Crippen molar-refractivity contribution in [3.63, 3.8) is 0 Å². The first-order valence-corrected chi connectivity index (χ1v) is 13.9. The van der Waals surface area contributed by atoms with Crippen molar-refractivity contribution in [1.82, 2.24) is 20.9 Å². The monoisotopic (exact) mass is 595 g/mol. The molecule has 0 aliphatic rings. The zero-order valence-electron chi connectivity index (χ0n) is 26.8. The molecule has 0 aromatic carbocycles. The fourth-order valence-electron chi connectivity index (χ4n) is 3.39. The number of hydrogen-bond donors (Lipinski definition) is 4. The molecule has 1 heterocycles. The van der Waals surface area contributed by atoms with E-state index in [0.717, 1.165) is 11.4 Å². The Morgan fingerprint density at radius 3 is 2.07 bits per heavy atom. The van der Waals surface area contributed by atoms with Gasteiger partial charge in [-0.3, -0.25) is 15.1 Å². The van der Waals surface area contributed by atoms with E-state index < -0.39 is 47.0 Å². The summed E-state index contributed by atoms with van der Waals surface area (Å²) in [7, 11) is 1.43. The molecular formula is C29H49N5O8. The van der Waals surface area contributed by atoms with Gasteiger partial charge in [-0.05, 0) is 82.1 Å². The number of aliphatic imine (C=N–C) groups is 1. The Kier molecular flexibility index (Phi) is 13.7. The van der Waals surface area contributed by atoms with E-state index in [4.69, 9.17) is 18.9 Å². The van der Waals surface area contributed by atoms with E-state index in [1.54, 1.807) is 67.5 Å². The maximum absolute atomic E-state index is 12.8. The summed E-state index contributed by atoms with van der Waals surface area (Å²) in [6.45, 7) is 17.3. The number of carbonyl (C=O) groups is 3. The summed E-state index contributed by atoms with van der Waals surface area (Å²) in [6.07, 6.45) is -2.07. The Hall–Kier alpha value is -3.45. The lowest BCUT2D eigenvalue weighted by Crippen LogP contribution is -2.53. The number of nitrogens with zero attached hydrogens (tertiary/aromatic N) is 2. The van der Waals surface area contributed by atoms with Crippen molar-refractivity contribution in [3.8, 4) is 5.75 Å². The number of aliphatic hydroxyl groups excluding tert-OH is 1. The Balaban J connectivity index is 2.96. The first kappa shape index (κ1) is 36.6. The van der Waals surface area contributed by atoms with Crippen molar-refractivity contribution in [2.75, 3.05) is 20.3 Å². The van der Waals surface area contributed by atoms with Crippen LogP contribution >= 0.6 is 0 Å². The van der Waals surface area contributed by atoms with Gasteiger partial charge in [-0.25, -0.2) is 9.59 Å². The molecule has 13 heteroatoms. The minimum absolute atomic E-state index is 0.0831. The van der Waals surface area contributed by atoms with Crippen molar-refractivity contribution >= 4 is 24.1 Å². The van der Waals surface area contributed by atoms with E-state index in [2.05, 4.69) is 25.9 Å². The van der Waals surface area contributed by atoms with Crippen LogP contribution in [0.25, 0.3) is 0 Å². The normalized spacial score (nSPS) is 14.0. The lowest BCUT2D eigenvalue weighted by Gasteiger charge is -2.29. The predicted octanol–water partition coefficient (Wildman–Crippen LogP) is 3.53. The molecule has 238 valence electrons. The van der Waals surface area contributed by atoms with Gasteiger partial charge in [-0.1, -0.05) is 0 Å². The summed E-state index contributed by atoms with van der Waals surface area (Å²) in [5.74, 6) is -0.0116. The summed E-state index contributed by atoms with van der Waals surface area (Å²) >= 11 is 0. The Labute approximate surface area is 249 Å². The van der Waals surface area contributed by atoms with Crippen LogP contribution in [0.4, 0.5) is 9.59 Å². The van der Waals surface area contributed by atoms with Gasteiger partial charge in [0.15, 0.2) is 0 Å². The van der Waals surface area contributed by atoms with Gasteiger partial charge in [0, 0.05) is 37.2 Å². The molecule has 0 saturated carbocycles. The summed E-state index contributed by atoms with van der Waals surface area (Å²) in [4.78, 5) is 45.6. The summed E-state index contributed by atoms with van der Waals surface area (Å²) in [6, 6.07) is 2.81. The fraction of sp³-hybridized carbons (Fsp3) is 0.690. The molecule has 0 aliphatic carbocycles. The predicted molar refractivity (Wildman–Crippen MR) is 159 cm³/mol. The highest BCUT2D eigenvalue weighted by molar-refractivity contribution is 5.98. The molecule has 0 radical (unpaired) electrons. The van der Waals surface area contributed by atoms with Crippen molar-refractivity contribution < 1.29 is 38.4 Å². The van der Waals surface area contributed by atoms with Crippen LogP contribution < -0.4 is 20.7 Å². The zero-order chi connectivity index (χ0) is 32.3. The van der Waals surface area contributed by atoms with Crippen molar-refractivity contribution in [2.45, 2.75) is 111 Å². The van der Waals surface area contributed by atoms with Gasteiger partial charge in [-0.15, -0.1) is 4.99 Å². The molecule has 42 heavy (non-hydrogen) atoms. The molecule has 4 N–H and O–H groups in total. The quantitative estimate of drug-likeness (QED) is 0.169. The number of alkyl carbamates (subject to hydrolysis) is 1. The van der Waals surface area contributed by atoms with E-state index in [0.29, 0.717) is 18.6 Å².